The first-order valence-corrected chi connectivity index (χ1v) is 11.7. The molecule has 2 aliphatic rings. The van der Waals surface area contributed by atoms with Crippen molar-refractivity contribution in [2.24, 2.45) is 5.92 Å². The Morgan fingerprint density at radius 1 is 1.06 bits per heavy atom. The molecule has 1 aliphatic carbocycles. The fourth-order valence-electron chi connectivity index (χ4n) is 4.32. The van der Waals surface area contributed by atoms with E-state index in [0.717, 1.165) is 16.7 Å². The summed E-state index contributed by atoms with van der Waals surface area (Å²) >= 11 is 0. The van der Waals surface area contributed by atoms with E-state index in [1.165, 1.54) is 12.1 Å². The number of halogens is 1. The highest BCUT2D eigenvalue weighted by atomic mass is 19.1. The van der Waals surface area contributed by atoms with Gasteiger partial charge < -0.3 is 21.1 Å². The number of Topliss-reactive ketones (excluding diaryl/α,β-unsaturated/α-hetero) is 1. The number of aromatic nitrogens is 1. The van der Waals surface area contributed by atoms with Gasteiger partial charge in [0.05, 0.1) is 12.0 Å². The van der Waals surface area contributed by atoms with Gasteiger partial charge in [0.25, 0.3) is 5.91 Å². The van der Waals surface area contributed by atoms with Crippen LogP contribution in [0.2, 0.25) is 0 Å². The number of rotatable bonds is 8. The average Bonchev–Trinajstić information content (AvgIpc) is 3.71. The summed E-state index contributed by atoms with van der Waals surface area (Å²) in [5.41, 5.74) is 3.96. The molecule has 1 aromatic heterocycles. The van der Waals surface area contributed by atoms with Crippen LogP contribution in [-0.4, -0.2) is 21.8 Å². The highest BCUT2D eigenvalue weighted by Crippen LogP contribution is 2.46. The van der Waals surface area contributed by atoms with Crippen LogP contribution >= 0.6 is 0 Å². The van der Waals surface area contributed by atoms with Gasteiger partial charge in [0.2, 0.25) is 5.78 Å². The number of benzene rings is 2. The lowest BCUT2D eigenvalue weighted by atomic mass is 10.0. The lowest BCUT2D eigenvalue weighted by Gasteiger charge is -2.25. The molecule has 182 valence electrons. The fraction of sp³-hybridized carbons (Fsp3) is 0.179. The summed E-state index contributed by atoms with van der Waals surface area (Å²) in [7, 11) is 0. The molecule has 0 radical (unpaired) electrons. The molecule has 0 saturated heterocycles. The van der Waals surface area contributed by atoms with Gasteiger partial charge in [-0.25, -0.2) is 4.39 Å². The molecule has 2 aromatic carbocycles. The second-order valence-corrected chi connectivity index (χ2v) is 8.80. The first-order valence-electron chi connectivity index (χ1n) is 11.7. The van der Waals surface area contributed by atoms with Crippen molar-refractivity contribution < 1.29 is 19.1 Å². The van der Waals surface area contributed by atoms with E-state index >= 15 is 0 Å². The first-order chi connectivity index (χ1) is 17.5. The molecule has 8 heteroatoms. The van der Waals surface area contributed by atoms with Crippen molar-refractivity contribution in [1.82, 2.24) is 20.9 Å². The van der Waals surface area contributed by atoms with E-state index in [0.29, 0.717) is 24.2 Å². The summed E-state index contributed by atoms with van der Waals surface area (Å²) in [6.45, 7) is 0.620. The maximum atomic E-state index is 13.2. The summed E-state index contributed by atoms with van der Waals surface area (Å²) in [6.07, 6.45) is 4.00. The molecule has 7 nitrogen and oxygen atoms in total. The van der Waals surface area contributed by atoms with E-state index in [9.17, 15) is 19.1 Å². The number of nitrogens with one attached hydrogen (secondary N) is 3. The van der Waals surface area contributed by atoms with Crippen LogP contribution in [0.5, 0.6) is 0 Å². The van der Waals surface area contributed by atoms with Crippen LogP contribution in [0, 0.1) is 11.7 Å². The Morgan fingerprint density at radius 2 is 1.83 bits per heavy atom. The molecule has 2 atom stereocenters. The summed E-state index contributed by atoms with van der Waals surface area (Å²) in [6, 6.07) is 18.9. The largest absolute Gasteiger partial charge is 0.503 e. The Balaban J connectivity index is 1.41. The molecule has 1 fully saturated rings. The minimum atomic E-state index is -0.622. The lowest BCUT2D eigenvalue weighted by molar-refractivity contribution is -0.121. The van der Waals surface area contributed by atoms with Crippen molar-refractivity contribution in [2.75, 3.05) is 0 Å². The molecule has 2 heterocycles. The predicted molar refractivity (Wildman–Crippen MR) is 131 cm³/mol. The van der Waals surface area contributed by atoms with Crippen molar-refractivity contribution in [3.8, 4) is 0 Å². The predicted octanol–water partition coefficient (Wildman–Crippen LogP) is 3.58. The van der Waals surface area contributed by atoms with Crippen molar-refractivity contribution in [3.05, 3.63) is 124 Å². The standard InChI is InChI=1S/C28H25FN4O3/c29-20-10-8-17(9-11-20)15-32-28(36)25-27(35)26(34)22-13-21(22)24(33-25)23(19-6-2-1-3-7-19)31-16-18-5-4-12-30-14-18/h1-12,14,22-23,31,33,35H,13,15-16H2,(H,32,36). The quantitative estimate of drug-likeness (QED) is 0.390. The number of nitrogens with zero attached hydrogens (tertiary/aromatic N) is 1. The number of hydrogen-bond acceptors (Lipinski definition) is 6. The zero-order valence-corrected chi connectivity index (χ0v) is 19.4. The van der Waals surface area contributed by atoms with Crippen LogP contribution in [0.4, 0.5) is 4.39 Å². The maximum absolute atomic E-state index is 13.2. The van der Waals surface area contributed by atoms with Crippen LogP contribution in [-0.2, 0) is 22.7 Å². The number of aliphatic hydroxyl groups excluding tert-OH is 1. The zero-order valence-electron chi connectivity index (χ0n) is 19.4. The molecule has 1 saturated carbocycles. The van der Waals surface area contributed by atoms with E-state index in [1.54, 1.807) is 24.5 Å². The molecule has 1 amide bonds. The summed E-state index contributed by atoms with van der Waals surface area (Å²) in [4.78, 5) is 30.1. The monoisotopic (exact) mass is 484 g/mol. The molecule has 4 N–H and O–H groups in total. The highest BCUT2D eigenvalue weighted by Gasteiger charge is 2.46. The average molecular weight is 485 g/mol. The number of aliphatic hydroxyl groups is 1. The lowest BCUT2D eigenvalue weighted by Crippen LogP contribution is -2.36. The summed E-state index contributed by atoms with van der Waals surface area (Å²) in [5, 5.41) is 20.0. The molecular weight excluding hydrogens is 459 g/mol. The second kappa shape index (κ2) is 10.1. The minimum Gasteiger partial charge on any atom is -0.503 e. The number of carbonyl (C=O) groups is 2. The van der Waals surface area contributed by atoms with E-state index in [1.807, 2.05) is 42.5 Å². The van der Waals surface area contributed by atoms with Gasteiger partial charge in [-0.3, -0.25) is 14.6 Å². The van der Waals surface area contributed by atoms with E-state index in [-0.39, 0.29) is 24.1 Å². The van der Waals surface area contributed by atoms with Gasteiger partial charge in [-0.15, -0.1) is 0 Å². The number of carbonyl (C=O) groups excluding carboxylic acids is 2. The molecule has 1 aliphatic heterocycles. The summed E-state index contributed by atoms with van der Waals surface area (Å²) in [5.74, 6) is -2.51. The molecule has 36 heavy (non-hydrogen) atoms. The smallest absolute Gasteiger partial charge is 0.271 e. The van der Waals surface area contributed by atoms with Gasteiger partial charge in [-0.1, -0.05) is 48.5 Å². The fourth-order valence-corrected chi connectivity index (χ4v) is 4.32. The van der Waals surface area contributed by atoms with Gasteiger partial charge in [0.15, 0.2) is 11.5 Å². The highest BCUT2D eigenvalue weighted by molar-refractivity contribution is 6.08. The molecule has 3 aromatic rings. The van der Waals surface area contributed by atoms with Crippen molar-refractivity contribution in [1.29, 1.82) is 0 Å². The van der Waals surface area contributed by atoms with E-state index < -0.39 is 23.4 Å². The van der Waals surface area contributed by atoms with Crippen molar-refractivity contribution >= 4 is 11.7 Å². The molecule has 0 spiro atoms. The first kappa shape index (κ1) is 23.4. The van der Waals surface area contributed by atoms with Crippen molar-refractivity contribution in [3.63, 3.8) is 0 Å². The van der Waals surface area contributed by atoms with Gasteiger partial charge in [0, 0.05) is 31.2 Å². The SMILES string of the molecule is O=C(NCc1ccc(F)cc1)C1=C(O)C(=O)C2CC2=C(C(NCc2cccnc2)c2ccccc2)N1. The van der Waals surface area contributed by atoms with Gasteiger partial charge in [-0.05, 0) is 46.9 Å². The topological polar surface area (TPSA) is 103 Å². The molecule has 0 bridgehead atoms. The number of allylic oxidation sites excluding steroid dienone is 2. The zero-order chi connectivity index (χ0) is 25.1. The molecular formula is C28H25FN4O3. The third kappa shape index (κ3) is 5.04. The number of hydrogen-bond donors (Lipinski definition) is 4. The number of amides is 1. The van der Waals surface area contributed by atoms with Crippen LogP contribution in [0.1, 0.15) is 29.2 Å². The Morgan fingerprint density at radius 3 is 2.56 bits per heavy atom. The Bertz CT molecular complexity index is 1340. The van der Waals surface area contributed by atoms with Crippen molar-refractivity contribution in [2.45, 2.75) is 25.6 Å². The van der Waals surface area contributed by atoms with Crippen LogP contribution in [0.3, 0.4) is 0 Å². The van der Waals surface area contributed by atoms with Gasteiger partial charge >= 0.3 is 0 Å². The van der Waals surface area contributed by atoms with E-state index in [2.05, 4.69) is 20.9 Å². The third-order valence-corrected chi connectivity index (χ3v) is 6.32. The van der Waals surface area contributed by atoms with Crippen LogP contribution in [0.15, 0.2) is 102 Å². The Labute approximate surface area is 207 Å². The van der Waals surface area contributed by atoms with Crippen LogP contribution in [0.25, 0.3) is 0 Å². The van der Waals surface area contributed by atoms with Gasteiger partial charge in [-0.2, -0.15) is 0 Å². The molecule has 2 unspecified atom stereocenters. The van der Waals surface area contributed by atoms with E-state index in [4.69, 9.17) is 0 Å². The Hall–Kier alpha value is -4.30. The normalized spacial score (nSPS) is 17.7. The number of fused-ring (bicyclic) bond motifs is 1. The number of pyridine rings is 1. The number of ketones is 1. The third-order valence-electron chi connectivity index (χ3n) is 6.32. The Kier molecular flexibility index (Phi) is 6.60. The van der Waals surface area contributed by atoms with Crippen LogP contribution < -0.4 is 16.0 Å². The summed E-state index contributed by atoms with van der Waals surface area (Å²) < 4.78 is 13.2. The van der Waals surface area contributed by atoms with Gasteiger partial charge in [0.1, 0.15) is 5.82 Å². The molecule has 5 rings (SSSR count). The minimum absolute atomic E-state index is 0.114. The second-order valence-electron chi connectivity index (χ2n) is 8.80. The maximum Gasteiger partial charge on any atom is 0.271 e.